The minimum absolute atomic E-state index is 0.141. The van der Waals surface area contributed by atoms with Gasteiger partial charge in [-0.1, -0.05) is 60.7 Å². The molecule has 0 aromatic heterocycles. The number of benzene rings is 3. The van der Waals surface area contributed by atoms with Crippen LogP contribution in [0, 0.1) is 40.9 Å². The molecule has 4 saturated heterocycles. The highest BCUT2D eigenvalue weighted by molar-refractivity contribution is 5.72. The highest BCUT2D eigenvalue weighted by Crippen LogP contribution is 2.52. The fourth-order valence-electron chi connectivity index (χ4n) is 11.0. The van der Waals surface area contributed by atoms with Crippen molar-refractivity contribution in [2.75, 3.05) is 57.3 Å². The molecule has 1 aliphatic carbocycles. The Kier molecular flexibility index (Phi) is 12.5. The standard InChI is InChI=1S/C47H61N5O6/c53-44(54)41(36-10-13-48-24-36)19-31-4-1-7-34(16-31)27-51(28-35-8-2-5-32(17-35)20-42(45(55)56)37-11-14-49-25-37)40-22-47(23-40)29-52(30-47)39-9-3-6-33(18-39)21-43(46(57)58)38-12-15-50-26-38/h1-9,16-18,36-38,40-43,48-50H,10-15,19-30H2,(H,53,54)(H,55,56)(H,57,58)/t36-,37-,38-,41-,42-,43-/m0/s1. The normalized spacial score (nSPS) is 24.4. The van der Waals surface area contributed by atoms with Crippen molar-refractivity contribution in [3.05, 3.63) is 101 Å². The first-order valence-electron chi connectivity index (χ1n) is 21.7. The van der Waals surface area contributed by atoms with E-state index in [0.29, 0.717) is 25.3 Å². The molecule has 0 unspecified atom stereocenters. The number of hydrogen-bond donors (Lipinski definition) is 6. The van der Waals surface area contributed by atoms with E-state index in [4.69, 9.17) is 0 Å². The number of carboxylic acid groups (broad SMARTS) is 3. The molecule has 6 N–H and O–H groups in total. The molecule has 3 aromatic carbocycles. The smallest absolute Gasteiger partial charge is 0.307 e. The molecule has 11 nitrogen and oxygen atoms in total. The molecule has 6 atom stereocenters. The van der Waals surface area contributed by atoms with Crippen LogP contribution in [-0.4, -0.2) is 96.5 Å². The second-order valence-electron chi connectivity index (χ2n) is 18.3. The van der Waals surface area contributed by atoms with Crippen molar-refractivity contribution in [1.29, 1.82) is 0 Å². The SMILES string of the molecule is O=C(O)[C@@H](Cc1cccc(CN(Cc2cccc(C[C@H](C(=O)O)[C@H]3CCNC3)c2)C2CC3(C2)CN(c2cccc(C[C@H](C(=O)O)[C@H]4CCNC4)c2)C3)c1)[C@H]1CCNC1. The number of rotatable bonds is 18. The monoisotopic (exact) mass is 791 g/mol. The molecule has 5 fully saturated rings. The van der Waals surface area contributed by atoms with Crippen LogP contribution in [0.25, 0.3) is 0 Å². The fraction of sp³-hybridized carbons (Fsp3) is 0.553. The maximum atomic E-state index is 12.3. The van der Waals surface area contributed by atoms with Crippen LogP contribution in [0.1, 0.15) is 59.9 Å². The Hall–Kier alpha value is -4.29. The zero-order valence-electron chi connectivity index (χ0n) is 33.7. The third kappa shape index (κ3) is 9.44. The van der Waals surface area contributed by atoms with E-state index in [2.05, 4.69) is 98.5 Å². The first kappa shape index (κ1) is 40.5. The zero-order chi connectivity index (χ0) is 40.2. The van der Waals surface area contributed by atoms with Crippen LogP contribution < -0.4 is 20.9 Å². The Morgan fingerprint density at radius 2 is 1.00 bits per heavy atom. The lowest BCUT2D eigenvalue weighted by Crippen LogP contribution is -2.66. The van der Waals surface area contributed by atoms with Crippen molar-refractivity contribution in [3.8, 4) is 0 Å². The summed E-state index contributed by atoms with van der Waals surface area (Å²) in [7, 11) is 0. The number of hydrogen-bond acceptors (Lipinski definition) is 8. The number of carboxylic acids is 3. The maximum absolute atomic E-state index is 12.3. The summed E-state index contributed by atoms with van der Waals surface area (Å²) in [4.78, 5) is 41.9. The predicted octanol–water partition coefficient (Wildman–Crippen LogP) is 4.92. The van der Waals surface area contributed by atoms with Gasteiger partial charge in [-0.25, -0.2) is 0 Å². The first-order chi connectivity index (χ1) is 28.1. The van der Waals surface area contributed by atoms with Crippen molar-refractivity contribution in [1.82, 2.24) is 20.9 Å². The fourth-order valence-corrected chi connectivity index (χ4v) is 11.0. The van der Waals surface area contributed by atoms with E-state index in [-0.39, 0.29) is 29.1 Å². The number of carbonyl (C=O) groups is 3. The highest BCUT2D eigenvalue weighted by atomic mass is 16.4. The lowest BCUT2D eigenvalue weighted by molar-refractivity contribution is -0.144. The summed E-state index contributed by atoms with van der Waals surface area (Å²) in [6, 6.07) is 25.9. The molecular formula is C47H61N5O6. The maximum Gasteiger partial charge on any atom is 0.307 e. The van der Waals surface area contributed by atoms with Crippen LogP contribution in [0.3, 0.4) is 0 Å². The average molecular weight is 792 g/mol. The third-order valence-electron chi connectivity index (χ3n) is 14.3. The molecule has 4 aliphatic heterocycles. The molecule has 11 heteroatoms. The minimum Gasteiger partial charge on any atom is -0.481 e. The Balaban J connectivity index is 0.956. The molecule has 4 heterocycles. The molecule has 3 aromatic rings. The van der Waals surface area contributed by atoms with Gasteiger partial charge in [0.2, 0.25) is 0 Å². The van der Waals surface area contributed by atoms with Gasteiger partial charge in [0.05, 0.1) is 17.8 Å². The molecule has 0 amide bonds. The average Bonchev–Trinajstić information content (AvgIpc) is 4.00. The van der Waals surface area contributed by atoms with E-state index in [0.717, 1.165) is 114 Å². The van der Waals surface area contributed by atoms with Crippen LogP contribution in [0.5, 0.6) is 0 Å². The van der Waals surface area contributed by atoms with Crippen molar-refractivity contribution >= 4 is 23.6 Å². The molecule has 1 spiro atoms. The van der Waals surface area contributed by atoms with Crippen molar-refractivity contribution in [3.63, 3.8) is 0 Å². The summed E-state index contributed by atoms with van der Waals surface area (Å²) in [6.07, 6.45) is 6.47. The van der Waals surface area contributed by atoms with E-state index in [9.17, 15) is 29.7 Å². The number of nitrogens with one attached hydrogen (secondary N) is 3. The van der Waals surface area contributed by atoms with Crippen LogP contribution in [0.4, 0.5) is 5.69 Å². The summed E-state index contributed by atoms with van der Waals surface area (Å²) >= 11 is 0. The van der Waals surface area contributed by atoms with Gasteiger partial charge in [0.1, 0.15) is 0 Å². The van der Waals surface area contributed by atoms with Crippen LogP contribution in [0.2, 0.25) is 0 Å². The van der Waals surface area contributed by atoms with Gasteiger partial charge in [0, 0.05) is 43.3 Å². The van der Waals surface area contributed by atoms with Crippen molar-refractivity contribution < 1.29 is 29.7 Å². The van der Waals surface area contributed by atoms with E-state index >= 15 is 0 Å². The lowest BCUT2D eigenvalue weighted by Gasteiger charge is -2.62. The van der Waals surface area contributed by atoms with Gasteiger partial charge in [0.15, 0.2) is 0 Å². The van der Waals surface area contributed by atoms with Gasteiger partial charge in [-0.3, -0.25) is 19.3 Å². The Morgan fingerprint density at radius 3 is 1.40 bits per heavy atom. The van der Waals surface area contributed by atoms with Gasteiger partial charge in [-0.05, 0) is 148 Å². The topological polar surface area (TPSA) is 154 Å². The van der Waals surface area contributed by atoms with Gasteiger partial charge in [-0.15, -0.1) is 0 Å². The van der Waals surface area contributed by atoms with Gasteiger partial charge in [-0.2, -0.15) is 0 Å². The number of anilines is 1. The van der Waals surface area contributed by atoms with E-state index in [1.807, 2.05) is 0 Å². The third-order valence-corrected chi connectivity index (χ3v) is 14.3. The highest BCUT2D eigenvalue weighted by Gasteiger charge is 2.54. The van der Waals surface area contributed by atoms with Gasteiger partial charge >= 0.3 is 17.9 Å². The molecule has 8 rings (SSSR count). The molecule has 58 heavy (non-hydrogen) atoms. The quantitative estimate of drug-likeness (QED) is 0.104. The summed E-state index contributed by atoms with van der Waals surface area (Å²) in [5, 5.41) is 40.3. The van der Waals surface area contributed by atoms with E-state index in [1.54, 1.807) is 0 Å². The second kappa shape index (κ2) is 17.9. The predicted molar refractivity (Wildman–Crippen MR) is 224 cm³/mol. The summed E-state index contributed by atoms with van der Waals surface area (Å²) in [5.41, 5.74) is 7.00. The van der Waals surface area contributed by atoms with Crippen molar-refractivity contribution in [2.45, 2.75) is 70.5 Å². The Morgan fingerprint density at radius 1 is 0.603 bits per heavy atom. The lowest BCUT2D eigenvalue weighted by atomic mass is 9.60. The zero-order valence-corrected chi connectivity index (χ0v) is 33.7. The first-order valence-corrected chi connectivity index (χ1v) is 21.7. The van der Waals surface area contributed by atoms with Crippen LogP contribution in [-0.2, 0) is 46.7 Å². The molecule has 0 radical (unpaired) electrons. The van der Waals surface area contributed by atoms with Gasteiger partial charge in [0.25, 0.3) is 0 Å². The van der Waals surface area contributed by atoms with E-state index in [1.165, 1.54) is 16.8 Å². The molecule has 1 saturated carbocycles. The number of aliphatic carboxylic acids is 3. The summed E-state index contributed by atoms with van der Waals surface area (Å²) in [6.45, 7) is 8.39. The van der Waals surface area contributed by atoms with Crippen molar-refractivity contribution in [2.24, 2.45) is 40.9 Å². The minimum atomic E-state index is -0.720. The molecule has 0 bridgehead atoms. The molecular weight excluding hydrogens is 731 g/mol. The second-order valence-corrected chi connectivity index (χ2v) is 18.3. The summed E-state index contributed by atoms with van der Waals surface area (Å²) in [5.74, 6) is -2.89. The molecule has 310 valence electrons. The Labute approximate surface area is 342 Å². The summed E-state index contributed by atoms with van der Waals surface area (Å²) < 4.78 is 0. The van der Waals surface area contributed by atoms with Crippen LogP contribution >= 0.6 is 0 Å². The van der Waals surface area contributed by atoms with E-state index < -0.39 is 29.7 Å². The largest absolute Gasteiger partial charge is 0.481 e. The Bertz CT molecular complexity index is 1820. The van der Waals surface area contributed by atoms with Gasteiger partial charge < -0.3 is 36.2 Å². The molecule has 5 aliphatic rings. The number of nitrogens with zero attached hydrogens (tertiary/aromatic N) is 2. The van der Waals surface area contributed by atoms with Crippen LogP contribution in [0.15, 0.2) is 72.8 Å².